The van der Waals surface area contributed by atoms with Crippen LogP contribution >= 0.6 is 0 Å². The molecule has 2 rings (SSSR count). The molecule has 0 aromatic heterocycles. The standard InChI is InChI=1S/C23H34N2O2/c1-5-7-15-24(3)16-17-27-22-13-11-20(12-14-22)19-25(6-2)21-9-8-10-23(18-21)26-4/h8-14,18H,5-7,15-17,19H2,1-4H3. The number of ether oxygens (including phenoxy) is 2. The molecule has 0 atom stereocenters. The van der Waals surface area contributed by atoms with Crippen LogP contribution in [-0.2, 0) is 6.54 Å². The average molecular weight is 371 g/mol. The molecule has 2 aromatic carbocycles. The van der Waals surface area contributed by atoms with Crippen molar-refractivity contribution >= 4 is 5.69 Å². The highest BCUT2D eigenvalue weighted by Crippen LogP contribution is 2.23. The molecule has 0 N–H and O–H groups in total. The largest absolute Gasteiger partial charge is 0.497 e. The third-order valence-corrected chi connectivity index (χ3v) is 4.73. The third kappa shape index (κ3) is 7.14. The predicted molar refractivity (Wildman–Crippen MR) is 114 cm³/mol. The number of hydrogen-bond acceptors (Lipinski definition) is 4. The molecule has 0 spiro atoms. The molecule has 4 nitrogen and oxygen atoms in total. The van der Waals surface area contributed by atoms with Gasteiger partial charge < -0.3 is 19.3 Å². The highest BCUT2D eigenvalue weighted by Gasteiger charge is 2.07. The van der Waals surface area contributed by atoms with Crippen LogP contribution in [0.4, 0.5) is 5.69 Å². The maximum absolute atomic E-state index is 5.89. The van der Waals surface area contributed by atoms with E-state index in [1.165, 1.54) is 24.1 Å². The maximum Gasteiger partial charge on any atom is 0.120 e. The highest BCUT2D eigenvalue weighted by atomic mass is 16.5. The summed E-state index contributed by atoms with van der Waals surface area (Å²) < 4.78 is 11.2. The minimum atomic E-state index is 0.727. The second-order valence-electron chi connectivity index (χ2n) is 6.86. The van der Waals surface area contributed by atoms with E-state index < -0.39 is 0 Å². The third-order valence-electron chi connectivity index (χ3n) is 4.73. The fourth-order valence-electron chi connectivity index (χ4n) is 2.96. The van der Waals surface area contributed by atoms with Crippen LogP contribution in [0.25, 0.3) is 0 Å². The highest BCUT2D eigenvalue weighted by molar-refractivity contribution is 5.51. The van der Waals surface area contributed by atoms with Crippen LogP contribution < -0.4 is 14.4 Å². The summed E-state index contributed by atoms with van der Waals surface area (Å²) in [5.41, 5.74) is 2.44. The Morgan fingerprint density at radius 1 is 0.926 bits per heavy atom. The normalized spacial score (nSPS) is 10.9. The lowest BCUT2D eigenvalue weighted by atomic mass is 10.2. The smallest absolute Gasteiger partial charge is 0.120 e. The first-order valence-corrected chi connectivity index (χ1v) is 9.95. The molecule has 0 unspecified atom stereocenters. The SMILES string of the molecule is CCCCN(C)CCOc1ccc(CN(CC)c2cccc(OC)c2)cc1. The lowest BCUT2D eigenvalue weighted by molar-refractivity contribution is 0.235. The van der Waals surface area contributed by atoms with Crippen LogP contribution in [0.3, 0.4) is 0 Å². The van der Waals surface area contributed by atoms with Crippen molar-refractivity contribution in [3.05, 3.63) is 54.1 Å². The number of rotatable bonds is 12. The van der Waals surface area contributed by atoms with Gasteiger partial charge in [-0.05, 0) is 56.8 Å². The van der Waals surface area contributed by atoms with Crippen molar-refractivity contribution in [2.24, 2.45) is 0 Å². The molecule has 0 heterocycles. The molecule has 0 saturated carbocycles. The van der Waals surface area contributed by atoms with E-state index in [2.05, 4.69) is 67.1 Å². The summed E-state index contributed by atoms with van der Waals surface area (Å²) in [6.07, 6.45) is 2.48. The summed E-state index contributed by atoms with van der Waals surface area (Å²) in [6.45, 7) is 9.02. The van der Waals surface area contributed by atoms with Crippen LogP contribution in [0.1, 0.15) is 32.3 Å². The van der Waals surface area contributed by atoms with Crippen molar-refractivity contribution in [1.29, 1.82) is 0 Å². The van der Waals surface area contributed by atoms with Gasteiger partial charge in [-0.1, -0.05) is 31.5 Å². The van der Waals surface area contributed by atoms with Crippen LogP contribution in [0.15, 0.2) is 48.5 Å². The summed E-state index contributed by atoms with van der Waals surface area (Å²) in [5.74, 6) is 1.82. The molecule has 0 bridgehead atoms. The second kappa shape index (κ2) is 11.5. The number of benzene rings is 2. The van der Waals surface area contributed by atoms with Crippen molar-refractivity contribution in [3.8, 4) is 11.5 Å². The van der Waals surface area contributed by atoms with Crippen LogP contribution in [0.5, 0.6) is 11.5 Å². The zero-order chi connectivity index (χ0) is 19.5. The molecular formula is C23H34N2O2. The van der Waals surface area contributed by atoms with Gasteiger partial charge >= 0.3 is 0 Å². The summed E-state index contributed by atoms with van der Waals surface area (Å²) in [7, 11) is 3.86. The summed E-state index contributed by atoms with van der Waals surface area (Å²) in [6, 6.07) is 16.7. The first kappa shape index (κ1) is 21.1. The van der Waals surface area contributed by atoms with Crippen LogP contribution in [-0.4, -0.2) is 45.3 Å². The van der Waals surface area contributed by atoms with E-state index >= 15 is 0 Å². The zero-order valence-corrected chi connectivity index (χ0v) is 17.3. The van der Waals surface area contributed by atoms with Gasteiger partial charge in [-0.3, -0.25) is 0 Å². The molecule has 0 fully saturated rings. The van der Waals surface area contributed by atoms with E-state index in [4.69, 9.17) is 9.47 Å². The Morgan fingerprint density at radius 2 is 1.70 bits per heavy atom. The summed E-state index contributed by atoms with van der Waals surface area (Å²) >= 11 is 0. The van der Waals surface area contributed by atoms with Gasteiger partial charge in [0.05, 0.1) is 7.11 Å². The Morgan fingerprint density at radius 3 is 2.37 bits per heavy atom. The molecule has 148 valence electrons. The van der Waals surface area contributed by atoms with E-state index in [0.29, 0.717) is 0 Å². The first-order chi connectivity index (χ1) is 13.2. The molecule has 0 aliphatic heterocycles. The van der Waals surface area contributed by atoms with E-state index in [0.717, 1.165) is 44.3 Å². The maximum atomic E-state index is 5.89. The summed E-state index contributed by atoms with van der Waals surface area (Å²) in [5, 5.41) is 0. The van der Waals surface area contributed by atoms with Gasteiger partial charge in [0.15, 0.2) is 0 Å². The molecule has 0 amide bonds. The molecule has 0 saturated heterocycles. The Hall–Kier alpha value is -2.20. The first-order valence-electron chi connectivity index (χ1n) is 9.95. The Labute approximate surface area is 164 Å². The fraction of sp³-hybridized carbons (Fsp3) is 0.478. The Kier molecular flexibility index (Phi) is 8.99. The van der Waals surface area contributed by atoms with Crippen molar-refractivity contribution in [2.75, 3.05) is 45.3 Å². The van der Waals surface area contributed by atoms with E-state index in [1.807, 2.05) is 12.1 Å². The predicted octanol–water partition coefficient (Wildman–Crippen LogP) is 4.83. The quantitative estimate of drug-likeness (QED) is 0.534. The zero-order valence-electron chi connectivity index (χ0n) is 17.3. The lowest BCUT2D eigenvalue weighted by Crippen LogP contribution is -2.25. The second-order valence-corrected chi connectivity index (χ2v) is 6.86. The number of methoxy groups -OCH3 is 1. The van der Waals surface area contributed by atoms with Gasteiger partial charge in [0.2, 0.25) is 0 Å². The van der Waals surface area contributed by atoms with Crippen molar-refractivity contribution in [1.82, 2.24) is 4.90 Å². The lowest BCUT2D eigenvalue weighted by Gasteiger charge is -2.24. The molecule has 2 aromatic rings. The number of likely N-dealkylation sites (N-methyl/N-ethyl adjacent to an activating group) is 1. The van der Waals surface area contributed by atoms with Gasteiger partial charge in [0.1, 0.15) is 18.1 Å². The van der Waals surface area contributed by atoms with Gasteiger partial charge in [-0.15, -0.1) is 0 Å². The van der Waals surface area contributed by atoms with Gasteiger partial charge in [-0.25, -0.2) is 0 Å². The number of nitrogens with zero attached hydrogens (tertiary/aromatic N) is 2. The number of hydrogen-bond donors (Lipinski definition) is 0. The molecular weight excluding hydrogens is 336 g/mol. The summed E-state index contributed by atoms with van der Waals surface area (Å²) in [4.78, 5) is 4.66. The monoisotopic (exact) mass is 370 g/mol. The number of unbranched alkanes of at least 4 members (excludes halogenated alkanes) is 1. The van der Waals surface area contributed by atoms with Crippen molar-refractivity contribution in [3.63, 3.8) is 0 Å². The molecule has 4 heteroatoms. The average Bonchev–Trinajstić information content (AvgIpc) is 2.71. The van der Waals surface area contributed by atoms with Gasteiger partial charge in [-0.2, -0.15) is 0 Å². The fourth-order valence-corrected chi connectivity index (χ4v) is 2.96. The Bertz CT molecular complexity index is 658. The topological polar surface area (TPSA) is 24.9 Å². The van der Waals surface area contributed by atoms with Gasteiger partial charge in [0, 0.05) is 31.4 Å². The molecule has 27 heavy (non-hydrogen) atoms. The van der Waals surface area contributed by atoms with Crippen molar-refractivity contribution < 1.29 is 9.47 Å². The number of anilines is 1. The molecule has 0 aliphatic carbocycles. The minimum absolute atomic E-state index is 0.727. The van der Waals surface area contributed by atoms with Crippen LogP contribution in [0, 0.1) is 0 Å². The Balaban J connectivity index is 1.86. The molecule has 0 aliphatic rings. The van der Waals surface area contributed by atoms with E-state index in [9.17, 15) is 0 Å². The van der Waals surface area contributed by atoms with Gasteiger partial charge in [0.25, 0.3) is 0 Å². The van der Waals surface area contributed by atoms with E-state index in [-0.39, 0.29) is 0 Å². The van der Waals surface area contributed by atoms with Crippen LogP contribution in [0.2, 0.25) is 0 Å². The van der Waals surface area contributed by atoms with E-state index in [1.54, 1.807) is 7.11 Å². The minimum Gasteiger partial charge on any atom is -0.497 e. The van der Waals surface area contributed by atoms with Crippen molar-refractivity contribution in [2.45, 2.75) is 33.2 Å². The molecule has 0 radical (unpaired) electrons.